The lowest BCUT2D eigenvalue weighted by molar-refractivity contribution is 0.414. The van der Waals surface area contributed by atoms with Gasteiger partial charge in [-0.3, -0.25) is 9.78 Å². The fourth-order valence-electron chi connectivity index (χ4n) is 3.06. The second-order valence-corrected chi connectivity index (χ2v) is 6.69. The molecule has 4 aromatic rings. The Hall–Kier alpha value is -4.14. The zero-order valence-corrected chi connectivity index (χ0v) is 16.3. The topological polar surface area (TPSA) is 127 Å². The molecule has 2 N–H and O–H groups in total. The Kier molecular flexibility index (Phi) is 5.17. The van der Waals surface area contributed by atoms with Crippen LogP contribution in [0.4, 0.5) is 0 Å². The Labute approximate surface area is 170 Å². The molecule has 4 rings (SSSR count). The second-order valence-electron chi connectivity index (χ2n) is 6.69. The van der Waals surface area contributed by atoms with Crippen LogP contribution in [0.1, 0.15) is 16.8 Å². The summed E-state index contributed by atoms with van der Waals surface area (Å²) in [6.07, 6.45) is 3.71. The van der Waals surface area contributed by atoms with Crippen LogP contribution in [0, 0.1) is 6.92 Å². The summed E-state index contributed by atoms with van der Waals surface area (Å²) in [6, 6.07) is 11.5. The van der Waals surface area contributed by atoms with E-state index in [0.29, 0.717) is 29.1 Å². The average molecular weight is 402 g/mol. The van der Waals surface area contributed by atoms with Crippen molar-refractivity contribution in [1.82, 2.24) is 30.4 Å². The number of aromatic nitrogens is 6. The second kappa shape index (κ2) is 8.08. The molecule has 0 radical (unpaired) electrons. The van der Waals surface area contributed by atoms with Crippen LogP contribution in [0.5, 0.6) is 5.75 Å². The van der Waals surface area contributed by atoms with E-state index in [4.69, 9.17) is 4.74 Å². The van der Waals surface area contributed by atoms with Gasteiger partial charge in [0.2, 0.25) is 0 Å². The first-order valence-electron chi connectivity index (χ1n) is 9.15. The highest BCUT2D eigenvalue weighted by atomic mass is 16.5. The van der Waals surface area contributed by atoms with E-state index in [2.05, 4.69) is 30.4 Å². The third kappa shape index (κ3) is 4.00. The summed E-state index contributed by atoms with van der Waals surface area (Å²) in [5.74, 6) is 0.801. The monoisotopic (exact) mass is 402 g/mol. The SMILES string of the molecule is COc1ccc(Cc2cnnc(-c3cc(-c4c[nH]c(=O)[nH]c4=O)nnc3C)c2)cc1. The molecule has 0 spiro atoms. The van der Waals surface area contributed by atoms with Crippen molar-refractivity contribution in [3.8, 4) is 28.3 Å². The molecule has 0 aliphatic carbocycles. The van der Waals surface area contributed by atoms with Crippen LogP contribution in [-0.4, -0.2) is 37.5 Å². The van der Waals surface area contributed by atoms with Gasteiger partial charge in [0.15, 0.2) is 0 Å². The smallest absolute Gasteiger partial charge is 0.325 e. The molecule has 0 aliphatic rings. The minimum absolute atomic E-state index is 0.214. The highest BCUT2D eigenvalue weighted by Crippen LogP contribution is 2.24. The van der Waals surface area contributed by atoms with Crippen molar-refractivity contribution in [2.45, 2.75) is 13.3 Å². The van der Waals surface area contributed by atoms with Crippen LogP contribution in [0.25, 0.3) is 22.5 Å². The molecule has 0 saturated carbocycles. The molecule has 0 bridgehead atoms. The number of aromatic amines is 2. The lowest BCUT2D eigenvalue weighted by atomic mass is 10.0. The zero-order valence-electron chi connectivity index (χ0n) is 16.3. The average Bonchev–Trinajstić information content (AvgIpc) is 2.75. The summed E-state index contributed by atoms with van der Waals surface area (Å²) in [7, 11) is 1.63. The van der Waals surface area contributed by atoms with Crippen LogP contribution in [0.2, 0.25) is 0 Å². The fraction of sp³-hybridized carbons (Fsp3) is 0.143. The molecule has 3 heterocycles. The Morgan fingerprint density at radius 1 is 0.933 bits per heavy atom. The third-order valence-corrected chi connectivity index (χ3v) is 4.63. The van der Waals surface area contributed by atoms with Gasteiger partial charge < -0.3 is 9.72 Å². The summed E-state index contributed by atoms with van der Waals surface area (Å²) >= 11 is 0. The number of aryl methyl sites for hydroxylation is 1. The van der Waals surface area contributed by atoms with Crippen LogP contribution in [0.3, 0.4) is 0 Å². The van der Waals surface area contributed by atoms with Gasteiger partial charge in [-0.05, 0) is 48.7 Å². The summed E-state index contributed by atoms with van der Waals surface area (Å²) < 4.78 is 5.19. The minimum atomic E-state index is -0.582. The van der Waals surface area contributed by atoms with Gasteiger partial charge in [0.1, 0.15) is 11.4 Å². The lowest BCUT2D eigenvalue weighted by Crippen LogP contribution is -2.23. The number of H-pyrrole nitrogens is 2. The fourth-order valence-corrected chi connectivity index (χ4v) is 3.06. The van der Waals surface area contributed by atoms with E-state index < -0.39 is 11.2 Å². The van der Waals surface area contributed by atoms with Gasteiger partial charge in [-0.15, -0.1) is 5.10 Å². The summed E-state index contributed by atoms with van der Waals surface area (Å²) in [5.41, 5.74) is 3.48. The summed E-state index contributed by atoms with van der Waals surface area (Å²) in [6.45, 7) is 1.81. The summed E-state index contributed by atoms with van der Waals surface area (Å²) in [4.78, 5) is 28.0. The van der Waals surface area contributed by atoms with Crippen molar-refractivity contribution in [1.29, 1.82) is 0 Å². The van der Waals surface area contributed by atoms with Gasteiger partial charge in [0, 0.05) is 11.8 Å². The number of hydrogen-bond donors (Lipinski definition) is 2. The molecular weight excluding hydrogens is 384 g/mol. The van der Waals surface area contributed by atoms with Gasteiger partial charge in [-0.25, -0.2) is 4.79 Å². The summed E-state index contributed by atoms with van der Waals surface area (Å²) in [5, 5.41) is 16.6. The molecule has 0 unspecified atom stereocenters. The Bertz CT molecular complexity index is 1310. The number of nitrogens with one attached hydrogen (secondary N) is 2. The first-order chi connectivity index (χ1) is 14.5. The maximum atomic E-state index is 12.1. The number of hydrogen-bond acceptors (Lipinski definition) is 7. The van der Waals surface area contributed by atoms with Crippen molar-refractivity contribution in [2.75, 3.05) is 7.11 Å². The first-order valence-corrected chi connectivity index (χ1v) is 9.15. The van der Waals surface area contributed by atoms with E-state index in [9.17, 15) is 9.59 Å². The standard InChI is InChI=1S/C21H18N6O3/c1-12-16(9-19(27-25-12)17-11-22-21(29)24-20(17)28)18-8-14(10-23-26-18)7-13-3-5-15(30-2)6-4-13/h3-6,8-11H,7H2,1-2H3,(H2,22,24,28,29). The van der Waals surface area contributed by atoms with Crippen LogP contribution in [0.15, 0.2) is 58.4 Å². The number of nitrogens with zero attached hydrogens (tertiary/aromatic N) is 4. The molecule has 0 atom stereocenters. The van der Waals surface area contributed by atoms with Crippen molar-refractivity contribution >= 4 is 0 Å². The molecule has 0 saturated heterocycles. The predicted octanol–water partition coefficient (Wildman–Crippen LogP) is 1.89. The maximum absolute atomic E-state index is 12.1. The van der Waals surface area contributed by atoms with Crippen molar-refractivity contribution in [3.63, 3.8) is 0 Å². The van der Waals surface area contributed by atoms with E-state index in [-0.39, 0.29) is 5.56 Å². The number of benzene rings is 1. The first kappa shape index (κ1) is 19.2. The van der Waals surface area contributed by atoms with Crippen molar-refractivity contribution in [2.24, 2.45) is 0 Å². The van der Waals surface area contributed by atoms with Crippen molar-refractivity contribution in [3.05, 3.63) is 86.5 Å². The Balaban J connectivity index is 1.69. The molecule has 0 fully saturated rings. The van der Waals surface area contributed by atoms with E-state index in [0.717, 1.165) is 16.9 Å². The molecule has 0 amide bonds. The molecule has 0 aliphatic heterocycles. The van der Waals surface area contributed by atoms with Crippen LogP contribution in [-0.2, 0) is 6.42 Å². The van der Waals surface area contributed by atoms with E-state index in [1.54, 1.807) is 26.3 Å². The number of rotatable bonds is 5. The van der Waals surface area contributed by atoms with E-state index in [1.165, 1.54) is 6.20 Å². The molecule has 3 aromatic heterocycles. The Morgan fingerprint density at radius 3 is 2.43 bits per heavy atom. The van der Waals surface area contributed by atoms with Gasteiger partial charge in [0.25, 0.3) is 5.56 Å². The van der Waals surface area contributed by atoms with Gasteiger partial charge >= 0.3 is 5.69 Å². The zero-order chi connectivity index (χ0) is 21.1. The predicted molar refractivity (Wildman–Crippen MR) is 110 cm³/mol. The molecule has 1 aromatic carbocycles. The van der Waals surface area contributed by atoms with Crippen molar-refractivity contribution < 1.29 is 4.74 Å². The van der Waals surface area contributed by atoms with Gasteiger partial charge in [-0.2, -0.15) is 15.3 Å². The molecular formula is C21H18N6O3. The van der Waals surface area contributed by atoms with Crippen LogP contribution >= 0.6 is 0 Å². The van der Waals surface area contributed by atoms with Gasteiger partial charge in [0.05, 0.1) is 30.3 Å². The highest BCUT2D eigenvalue weighted by molar-refractivity contribution is 5.68. The third-order valence-electron chi connectivity index (χ3n) is 4.63. The largest absolute Gasteiger partial charge is 0.497 e. The van der Waals surface area contributed by atoms with Crippen LogP contribution < -0.4 is 16.0 Å². The molecule has 30 heavy (non-hydrogen) atoms. The lowest BCUT2D eigenvalue weighted by Gasteiger charge is -2.08. The molecule has 9 nitrogen and oxygen atoms in total. The maximum Gasteiger partial charge on any atom is 0.325 e. The quantitative estimate of drug-likeness (QED) is 0.522. The molecule has 9 heteroatoms. The van der Waals surface area contributed by atoms with E-state index in [1.807, 2.05) is 30.3 Å². The van der Waals surface area contributed by atoms with Gasteiger partial charge in [-0.1, -0.05) is 12.1 Å². The Morgan fingerprint density at radius 2 is 1.70 bits per heavy atom. The normalized spacial score (nSPS) is 10.7. The number of methoxy groups -OCH3 is 1. The van der Waals surface area contributed by atoms with E-state index >= 15 is 0 Å². The number of ether oxygens (including phenoxy) is 1. The minimum Gasteiger partial charge on any atom is -0.497 e. The highest BCUT2D eigenvalue weighted by Gasteiger charge is 2.13. The molecule has 150 valence electrons.